The smallest absolute Gasteiger partial charge is 0.141 e. The molecule has 0 atom stereocenters. The first-order chi connectivity index (χ1) is 9.15. The number of Topliss-reactive ketones (excluding diaryl/α,β-unsaturated/α-hetero) is 2. The van der Waals surface area contributed by atoms with Gasteiger partial charge in [0, 0.05) is 22.7 Å². The van der Waals surface area contributed by atoms with Crippen LogP contribution in [0, 0.1) is 22.7 Å². The van der Waals surface area contributed by atoms with E-state index in [1.54, 1.807) is 0 Å². The number of hydrogen-bond acceptors (Lipinski definition) is 2. The van der Waals surface area contributed by atoms with Gasteiger partial charge in [-0.1, -0.05) is 41.5 Å². The van der Waals surface area contributed by atoms with Gasteiger partial charge < -0.3 is 0 Å². The van der Waals surface area contributed by atoms with Crippen LogP contribution < -0.4 is 0 Å². The van der Waals surface area contributed by atoms with Gasteiger partial charge in [-0.2, -0.15) is 0 Å². The molecule has 1 fully saturated rings. The maximum Gasteiger partial charge on any atom is 0.141 e. The number of carbonyl (C=O) groups excluding carboxylic acids is 2. The van der Waals surface area contributed by atoms with Crippen LogP contribution in [0.15, 0.2) is 0 Å². The second-order valence-corrected chi connectivity index (χ2v) is 7.75. The summed E-state index contributed by atoms with van der Waals surface area (Å²) >= 11 is 0. The van der Waals surface area contributed by atoms with Gasteiger partial charge in [-0.05, 0) is 38.5 Å². The Balaban J connectivity index is 2.61. The van der Waals surface area contributed by atoms with Crippen molar-refractivity contribution < 1.29 is 9.59 Å². The fraction of sp³-hybridized carbons (Fsp3) is 0.889. The van der Waals surface area contributed by atoms with E-state index in [-0.39, 0.29) is 22.7 Å². The van der Waals surface area contributed by atoms with Gasteiger partial charge in [-0.15, -0.1) is 0 Å². The van der Waals surface area contributed by atoms with E-state index in [4.69, 9.17) is 0 Å². The molecule has 2 heteroatoms. The van der Waals surface area contributed by atoms with Crippen LogP contribution in [-0.2, 0) is 9.59 Å². The zero-order valence-corrected chi connectivity index (χ0v) is 14.2. The average molecular weight is 280 g/mol. The minimum atomic E-state index is -0.204. The zero-order chi connectivity index (χ0) is 15.6. The van der Waals surface area contributed by atoms with Crippen molar-refractivity contribution in [2.75, 3.05) is 0 Å². The predicted octanol–water partition coefficient (Wildman–Crippen LogP) is 4.80. The maximum absolute atomic E-state index is 12.5. The number of rotatable bonds is 6. The molecule has 116 valence electrons. The quantitative estimate of drug-likeness (QED) is 0.700. The summed E-state index contributed by atoms with van der Waals surface area (Å²) in [5.41, 5.74) is -0.408. The molecule has 0 N–H and O–H groups in total. The van der Waals surface area contributed by atoms with E-state index in [2.05, 4.69) is 13.8 Å². The Morgan fingerprint density at radius 2 is 1.00 bits per heavy atom. The lowest BCUT2D eigenvalue weighted by Crippen LogP contribution is -2.37. The van der Waals surface area contributed by atoms with E-state index in [1.165, 1.54) is 0 Å². The first-order valence-corrected chi connectivity index (χ1v) is 8.24. The molecule has 1 aliphatic rings. The van der Waals surface area contributed by atoms with E-state index >= 15 is 0 Å². The highest BCUT2D eigenvalue weighted by molar-refractivity contribution is 5.88. The third-order valence-corrected chi connectivity index (χ3v) is 5.57. The van der Waals surface area contributed by atoms with Crippen LogP contribution in [0.3, 0.4) is 0 Å². The molecule has 20 heavy (non-hydrogen) atoms. The molecule has 0 radical (unpaired) electrons. The van der Waals surface area contributed by atoms with E-state index in [9.17, 15) is 9.59 Å². The van der Waals surface area contributed by atoms with Crippen LogP contribution in [0.2, 0.25) is 0 Å². The van der Waals surface area contributed by atoms with E-state index in [1.807, 2.05) is 27.7 Å². The van der Waals surface area contributed by atoms with Crippen LogP contribution in [0.4, 0.5) is 0 Å². The van der Waals surface area contributed by atoms with Gasteiger partial charge in [0.1, 0.15) is 11.6 Å². The second kappa shape index (κ2) is 6.41. The van der Waals surface area contributed by atoms with Gasteiger partial charge in [0.2, 0.25) is 0 Å². The zero-order valence-electron chi connectivity index (χ0n) is 14.2. The molecule has 0 unspecified atom stereocenters. The summed E-state index contributed by atoms with van der Waals surface area (Å²) < 4.78 is 0. The molecular formula is C18H32O2. The van der Waals surface area contributed by atoms with E-state index < -0.39 is 0 Å². The minimum absolute atomic E-state index is 0.179. The Kier molecular flexibility index (Phi) is 5.57. The highest BCUT2D eigenvalue weighted by Crippen LogP contribution is 2.38. The Labute approximate surface area is 124 Å². The second-order valence-electron chi connectivity index (χ2n) is 7.75. The summed E-state index contributed by atoms with van der Waals surface area (Å²) in [6.07, 6.45) is 5.40. The molecule has 2 nitrogen and oxygen atoms in total. The summed E-state index contributed by atoms with van der Waals surface area (Å²) in [7, 11) is 0. The predicted molar refractivity (Wildman–Crippen MR) is 83.6 cm³/mol. The van der Waals surface area contributed by atoms with Crippen molar-refractivity contribution in [2.24, 2.45) is 22.7 Å². The van der Waals surface area contributed by atoms with Crippen molar-refractivity contribution in [3.05, 3.63) is 0 Å². The SMILES string of the molecule is CCC(C)(C)C(=O)C1CCC(C(=O)C(C)(C)CC)CC1. The van der Waals surface area contributed by atoms with Crippen molar-refractivity contribution in [1.82, 2.24) is 0 Å². The van der Waals surface area contributed by atoms with Crippen LogP contribution in [0.1, 0.15) is 80.1 Å². The molecular weight excluding hydrogens is 248 g/mol. The number of carbonyl (C=O) groups is 2. The Bertz CT molecular complexity index is 322. The molecule has 0 amide bonds. The van der Waals surface area contributed by atoms with Gasteiger partial charge >= 0.3 is 0 Å². The molecule has 1 saturated carbocycles. The lowest BCUT2D eigenvalue weighted by Gasteiger charge is -2.35. The minimum Gasteiger partial charge on any atom is -0.299 e. The van der Waals surface area contributed by atoms with Crippen LogP contribution in [0.5, 0.6) is 0 Å². The Morgan fingerprint density at radius 3 is 1.20 bits per heavy atom. The molecule has 0 aromatic rings. The first-order valence-electron chi connectivity index (χ1n) is 8.24. The van der Waals surface area contributed by atoms with E-state index in [0.717, 1.165) is 38.5 Å². The number of hydrogen-bond donors (Lipinski definition) is 0. The summed E-state index contributed by atoms with van der Waals surface area (Å²) in [4.78, 5) is 25.0. The van der Waals surface area contributed by atoms with Crippen LogP contribution in [-0.4, -0.2) is 11.6 Å². The van der Waals surface area contributed by atoms with Crippen molar-refractivity contribution in [3.8, 4) is 0 Å². The van der Waals surface area contributed by atoms with Gasteiger partial charge in [0.25, 0.3) is 0 Å². The molecule has 0 spiro atoms. The fourth-order valence-corrected chi connectivity index (χ4v) is 3.07. The number of ketones is 2. The lowest BCUT2D eigenvalue weighted by molar-refractivity contribution is -0.137. The van der Waals surface area contributed by atoms with Gasteiger partial charge in [0.05, 0.1) is 0 Å². The van der Waals surface area contributed by atoms with Crippen LogP contribution in [0.25, 0.3) is 0 Å². The monoisotopic (exact) mass is 280 g/mol. The van der Waals surface area contributed by atoms with Crippen molar-refractivity contribution in [2.45, 2.75) is 80.1 Å². The lowest BCUT2D eigenvalue weighted by atomic mass is 9.68. The summed E-state index contributed by atoms with van der Waals surface area (Å²) in [5, 5.41) is 0. The standard InChI is InChI=1S/C18H32O2/c1-7-17(3,4)15(19)13-9-11-14(12-10-13)16(20)18(5,6)8-2/h13-14H,7-12H2,1-6H3. The highest BCUT2D eigenvalue weighted by Gasteiger charge is 2.38. The summed E-state index contributed by atoms with van der Waals surface area (Å²) in [5.74, 6) is 1.17. The molecule has 0 aromatic carbocycles. The molecule has 0 heterocycles. The van der Waals surface area contributed by atoms with Gasteiger partial charge in [-0.3, -0.25) is 9.59 Å². The summed E-state index contributed by atoms with van der Waals surface area (Å²) in [6, 6.07) is 0. The van der Waals surface area contributed by atoms with Crippen molar-refractivity contribution >= 4 is 11.6 Å². The van der Waals surface area contributed by atoms with Crippen LogP contribution >= 0.6 is 0 Å². The first kappa shape index (κ1) is 17.4. The van der Waals surface area contributed by atoms with Crippen molar-refractivity contribution in [1.29, 1.82) is 0 Å². The molecule has 1 aliphatic carbocycles. The molecule has 1 rings (SSSR count). The van der Waals surface area contributed by atoms with E-state index in [0.29, 0.717) is 11.6 Å². The fourth-order valence-electron chi connectivity index (χ4n) is 3.07. The normalized spacial score (nSPS) is 24.5. The van der Waals surface area contributed by atoms with Crippen molar-refractivity contribution in [3.63, 3.8) is 0 Å². The molecule has 0 saturated heterocycles. The van der Waals surface area contributed by atoms with Gasteiger partial charge in [0.15, 0.2) is 0 Å². The summed E-state index contributed by atoms with van der Waals surface area (Å²) in [6.45, 7) is 12.4. The Morgan fingerprint density at radius 1 is 0.750 bits per heavy atom. The third-order valence-electron chi connectivity index (χ3n) is 5.57. The third kappa shape index (κ3) is 3.71. The average Bonchev–Trinajstić information content (AvgIpc) is 2.45. The topological polar surface area (TPSA) is 34.1 Å². The molecule has 0 aromatic heterocycles. The van der Waals surface area contributed by atoms with Gasteiger partial charge in [-0.25, -0.2) is 0 Å². The highest BCUT2D eigenvalue weighted by atomic mass is 16.1. The largest absolute Gasteiger partial charge is 0.299 e. The maximum atomic E-state index is 12.5. The molecule has 0 aliphatic heterocycles. The Hall–Kier alpha value is -0.660. The molecule has 0 bridgehead atoms.